The highest BCUT2D eigenvalue weighted by Crippen LogP contribution is 2.02. The summed E-state index contributed by atoms with van der Waals surface area (Å²) in [6.07, 6.45) is 0.766. The van der Waals surface area contributed by atoms with Crippen LogP contribution in [0.5, 0.6) is 0 Å². The maximum atomic E-state index is 11.5. The SMILES string of the molecule is CCC(C)C(=O)OCCOCCOCCOCCOCCOCCOCCOCCOCCOCCOCC(=O)C(C)=O. The molecule has 0 amide bonds. The Balaban J connectivity index is 3.11. The van der Waals surface area contributed by atoms with Gasteiger partial charge in [-0.25, -0.2) is 0 Å². The molecule has 0 rings (SSSR count). The molecule has 0 fully saturated rings. The first-order chi connectivity index (χ1) is 21.0. The van der Waals surface area contributed by atoms with Crippen molar-refractivity contribution >= 4 is 17.5 Å². The van der Waals surface area contributed by atoms with Gasteiger partial charge in [0.15, 0.2) is 5.78 Å². The van der Waals surface area contributed by atoms with E-state index in [4.69, 9.17) is 52.1 Å². The number of Topliss-reactive ketones (excluding diaryl/α,β-unsaturated/α-hetero) is 2. The Morgan fingerprint density at radius 1 is 0.442 bits per heavy atom. The van der Waals surface area contributed by atoms with Gasteiger partial charge in [-0.2, -0.15) is 0 Å². The lowest BCUT2D eigenvalue weighted by Crippen LogP contribution is -2.19. The minimum atomic E-state index is -0.544. The quantitative estimate of drug-likeness (QED) is 0.0556. The van der Waals surface area contributed by atoms with Gasteiger partial charge in [0.25, 0.3) is 0 Å². The van der Waals surface area contributed by atoms with Crippen molar-refractivity contribution in [3.05, 3.63) is 0 Å². The predicted octanol–water partition coefficient (Wildman–Crippen LogP) is 0.900. The molecule has 0 aromatic rings. The van der Waals surface area contributed by atoms with Crippen molar-refractivity contribution in [2.75, 3.05) is 139 Å². The van der Waals surface area contributed by atoms with Gasteiger partial charge >= 0.3 is 5.97 Å². The van der Waals surface area contributed by atoms with Crippen molar-refractivity contribution in [3.8, 4) is 0 Å². The first kappa shape index (κ1) is 41.4. The molecule has 0 saturated carbocycles. The maximum Gasteiger partial charge on any atom is 0.308 e. The number of carbonyl (C=O) groups excluding carboxylic acids is 3. The van der Waals surface area contributed by atoms with Crippen molar-refractivity contribution in [2.45, 2.75) is 27.2 Å². The summed E-state index contributed by atoms with van der Waals surface area (Å²) in [6, 6.07) is 0. The zero-order valence-corrected chi connectivity index (χ0v) is 26.3. The molecule has 14 heteroatoms. The summed E-state index contributed by atoms with van der Waals surface area (Å²) in [7, 11) is 0. The number of rotatable bonds is 35. The summed E-state index contributed by atoms with van der Waals surface area (Å²) in [4.78, 5) is 33.3. The highest BCUT2D eigenvalue weighted by atomic mass is 16.6. The molecule has 1 unspecified atom stereocenters. The number of carbonyl (C=O) groups is 3. The summed E-state index contributed by atoms with van der Waals surface area (Å²) in [6.45, 7) is 13.4. The van der Waals surface area contributed by atoms with Crippen LogP contribution in [0.1, 0.15) is 27.2 Å². The van der Waals surface area contributed by atoms with E-state index in [0.29, 0.717) is 119 Å². The van der Waals surface area contributed by atoms with Crippen molar-refractivity contribution in [3.63, 3.8) is 0 Å². The summed E-state index contributed by atoms with van der Waals surface area (Å²) in [5.74, 6) is -1.32. The van der Waals surface area contributed by atoms with E-state index < -0.39 is 11.6 Å². The molecule has 14 nitrogen and oxygen atoms in total. The molecule has 0 N–H and O–H groups in total. The van der Waals surface area contributed by atoms with Crippen LogP contribution in [0.25, 0.3) is 0 Å². The number of hydrogen-bond acceptors (Lipinski definition) is 14. The second kappa shape index (κ2) is 33.3. The van der Waals surface area contributed by atoms with Gasteiger partial charge in [0.2, 0.25) is 5.78 Å². The third-order valence-electron chi connectivity index (χ3n) is 5.46. The average molecular weight is 627 g/mol. The molecule has 0 aromatic heterocycles. The lowest BCUT2D eigenvalue weighted by molar-refractivity contribution is -0.149. The van der Waals surface area contributed by atoms with Crippen molar-refractivity contribution < 1.29 is 66.5 Å². The zero-order chi connectivity index (χ0) is 31.6. The van der Waals surface area contributed by atoms with Gasteiger partial charge in [0, 0.05) is 6.92 Å². The molecular weight excluding hydrogens is 572 g/mol. The Kier molecular flexibility index (Phi) is 32.1. The molecule has 0 aliphatic carbocycles. The molecular formula is C29H54O14. The van der Waals surface area contributed by atoms with Crippen LogP contribution in [0.4, 0.5) is 0 Å². The molecule has 254 valence electrons. The number of esters is 1. The van der Waals surface area contributed by atoms with E-state index in [0.717, 1.165) is 6.42 Å². The average Bonchev–Trinajstić information content (AvgIpc) is 3.00. The summed E-state index contributed by atoms with van der Waals surface area (Å²) in [5, 5.41) is 0. The Bertz CT molecular complexity index is 649. The van der Waals surface area contributed by atoms with Crippen LogP contribution < -0.4 is 0 Å². The van der Waals surface area contributed by atoms with E-state index in [1.165, 1.54) is 6.92 Å². The van der Waals surface area contributed by atoms with E-state index in [1.807, 2.05) is 13.8 Å². The van der Waals surface area contributed by atoms with Crippen LogP contribution in [-0.2, 0) is 66.5 Å². The van der Waals surface area contributed by atoms with E-state index >= 15 is 0 Å². The van der Waals surface area contributed by atoms with E-state index in [2.05, 4.69) is 0 Å². The van der Waals surface area contributed by atoms with Crippen LogP contribution in [0.3, 0.4) is 0 Å². The van der Waals surface area contributed by atoms with Crippen molar-refractivity contribution in [2.24, 2.45) is 5.92 Å². The summed E-state index contributed by atoms with van der Waals surface area (Å²) in [5.41, 5.74) is 0. The summed E-state index contributed by atoms with van der Waals surface area (Å²) >= 11 is 0. The molecule has 0 spiro atoms. The zero-order valence-electron chi connectivity index (χ0n) is 26.3. The number of hydrogen-bond donors (Lipinski definition) is 0. The van der Waals surface area contributed by atoms with Gasteiger partial charge in [0.1, 0.15) is 13.2 Å². The Labute approximate surface area is 256 Å². The lowest BCUT2D eigenvalue weighted by Gasteiger charge is -2.10. The molecule has 0 aliphatic heterocycles. The minimum Gasteiger partial charge on any atom is -0.463 e. The second-order valence-corrected chi connectivity index (χ2v) is 9.02. The van der Waals surface area contributed by atoms with Crippen molar-refractivity contribution in [1.29, 1.82) is 0 Å². The standard InChI is InChI=1S/C29H54O14/c1-4-26(2)29(32)43-24-23-41-20-19-39-16-15-37-12-11-35-8-7-33-5-6-34-9-10-36-13-14-38-17-18-40-21-22-42-25-28(31)27(3)30/h26H,4-25H2,1-3H3. The predicted molar refractivity (Wildman–Crippen MR) is 154 cm³/mol. The van der Waals surface area contributed by atoms with Crippen LogP contribution >= 0.6 is 0 Å². The lowest BCUT2D eigenvalue weighted by atomic mass is 10.1. The second-order valence-electron chi connectivity index (χ2n) is 9.02. The van der Waals surface area contributed by atoms with Crippen LogP contribution in [-0.4, -0.2) is 156 Å². The molecule has 0 bridgehead atoms. The fourth-order valence-corrected chi connectivity index (χ4v) is 2.76. The highest BCUT2D eigenvalue weighted by molar-refractivity contribution is 6.36. The third kappa shape index (κ3) is 31.6. The van der Waals surface area contributed by atoms with Gasteiger partial charge in [-0.15, -0.1) is 0 Å². The molecule has 0 radical (unpaired) electrons. The topological polar surface area (TPSA) is 153 Å². The van der Waals surface area contributed by atoms with E-state index in [-0.39, 0.29) is 31.7 Å². The Hall–Kier alpha value is -1.59. The fourth-order valence-electron chi connectivity index (χ4n) is 2.76. The van der Waals surface area contributed by atoms with Gasteiger partial charge in [-0.05, 0) is 6.42 Å². The largest absolute Gasteiger partial charge is 0.463 e. The molecule has 43 heavy (non-hydrogen) atoms. The monoisotopic (exact) mass is 626 g/mol. The first-order valence-corrected chi connectivity index (χ1v) is 15.0. The van der Waals surface area contributed by atoms with E-state index in [1.54, 1.807) is 0 Å². The maximum absolute atomic E-state index is 11.5. The Morgan fingerprint density at radius 3 is 0.953 bits per heavy atom. The van der Waals surface area contributed by atoms with Gasteiger partial charge in [0.05, 0.1) is 131 Å². The number of ketones is 2. The molecule has 0 aliphatic rings. The minimum absolute atomic E-state index is 0.0788. The molecule has 0 aromatic carbocycles. The fraction of sp³-hybridized carbons (Fsp3) is 0.897. The normalized spacial score (nSPS) is 12.0. The van der Waals surface area contributed by atoms with Crippen LogP contribution in [0.15, 0.2) is 0 Å². The smallest absolute Gasteiger partial charge is 0.308 e. The molecule has 0 heterocycles. The summed E-state index contributed by atoms with van der Waals surface area (Å²) < 4.78 is 58.7. The van der Waals surface area contributed by atoms with Gasteiger partial charge in [-0.1, -0.05) is 13.8 Å². The molecule has 0 saturated heterocycles. The van der Waals surface area contributed by atoms with Gasteiger partial charge in [-0.3, -0.25) is 14.4 Å². The van der Waals surface area contributed by atoms with Crippen molar-refractivity contribution in [1.82, 2.24) is 0 Å². The third-order valence-corrected chi connectivity index (χ3v) is 5.46. The number of ether oxygens (including phenoxy) is 11. The molecule has 1 atom stereocenters. The van der Waals surface area contributed by atoms with Gasteiger partial charge < -0.3 is 52.1 Å². The van der Waals surface area contributed by atoms with Crippen LogP contribution in [0.2, 0.25) is 0 Å². The Morgan fingerprint density at radius 2 is 0.698 bits per heavy atom. The van der Waals surface area contributed by atoms with Crippen LogP contribution in [0, 0.1) is 5.92 Å². The first-order valence-electron chi connectivity index (χ1n) is 15.0. The van der Waals surface area contributed by atoms with E-state index in [9.17, 15) is 14.4 Å². The highest BCUT2D eigenvalue weighted by Gasteiger charge is 2.11.